The van der Waals surface area contributed by atoms with Gasteiger partial charge in [-0.05, 0) is 54.9 Å². The Kier molecular flexibility index (Phi) is 7.76. The first-order valence-electron chi connectivity index (χ1n) is 14.4. The lowest BCUT2D eigenvalue weighted by molar-refractivity contribution is -0.176. The van der Waals surface area contributed by atoms with Crippen LogP contribution in [0.5, 0.6) is 17.2 Å². The topological polar surface area (TPSA) is 109 Å². The van der Waals surface area contributed by atoms with Gasteiger partial charge >= 0.3 is 11.9 Å². The Morgan fingerprint density at radius 3 is 2.36 bits per heavy atom. The Morgan fingerprint density at radius 2 is 1.69 bits per heavy atom. The van der Waals surface area contributed by atoms with Gasteiger partial charge in [0.2, 0.25) is 5.75 Å². The van der Waals surface area contributed by atoms with Crippen molar-refractivity contribution in [1.82, 2.24) is 9.88 Å². The minimum atomic E-state index is -0.651. The van der Waals surface area contributed by atoms with E-state index >= 15 is 0 Å². The van der Waals surface area contributed by atoms with E-state index in [2.05, 4.69) is 34.1 Å². The average Bonchev–Trinajstić information content (AvgIpc) is 3.41. The average molecular weight is 579 g/mol. The predicted octanol–water partition coefficient (Wildman–Crippen LogP) is 4.16. The molecule has 10 nitrogen and oxygen atoms in total. The van der Waals surface area contributed by atoms with Crippen LogP contribution in [0.15, 0.2) is 36.4 Å². The maximum atomic E-state index is 13.5. The molecule has 2 aromatic carbocycles. The number of carbonyl (C=O) groups is 2. The number of piperidine rings is 1. The van der Waals surface area contributed by atoms with E-state index in [0.29, 0.717) is 23.7 Å². The molecular formula is C32H38N2O8. The molecule has 10 heteroatoms. The number of nitrogens with one attached hydrogen (secondary N) is 1. The number of hydrogen-bond acceptors (Lipinski definition) is 9. The summed E-state index contributed by atoms with van der Waals surface area (Å²) in [6.07, 6.45) is 1.04. The number of carbonyl (C=O) groups excluding carboxylic acids is 2. The standard InChI is InChI=1S/C32H38N2O8/c1-37-24-12-17(13-25(38-2)29(24)39-3)31(35)42-26-14-18-16-34-11-10-20-19-8-6-7-9-22(19)33-28(20)23(34)15-21(18)27(30(26)40-4)32(36)41-5/h6-9,12-13,18,21,23,26-27,30,33H,10-11,14-16H2,1-5H3/t18-,21?,23-,26-,27+,30+/m1/s1. The predicted molar refractivity (Wildman–Crippen MR) is 154 cm³/mol. The van der Waals surface area contributed by atoms with Gasteiger partial charge in [0.05, 0.1) is 46.0 Å². The Bertz CT molecular complexity index is 1460. The lowest BCUT2D eigenvalue weighted by Gasteiger charge is -2.52. The summed E-state index contributed by atoms with van der Waals surface area (Å²) in [6, 6.07) is 11.7. The first-order chi connectivity index (χ1) is 20.4. The van der Waals surface area contributed by atoms with Crippen molar-refractivity contribution in [3.63, 3.8) is 0 Å². The van der Waals surface area contributed by atoms with Crippen LogP contribution in [0.2, 0.25) is 0 Å². The highest BCUT2D eigenvalue weighted by atomic mass is 16.6. The number of H-pyrrole nitrogens is 1. The van der Waals surface area contributed by atoms with E-state index in [9.17, 15) is 9.59 Å². The summed E-state index contributed by atoms with van der Waals surface area (Å²) in [5.74, 6) is -0.254. The highest BCUT2D eigenvalue weighted by molar-refractivity contribution is 5.91. The molecule has 3 aromatic rings. The number of methoxy groups -OCH3 is 5. The van der Waals surface area contributed by atoms with Gasteiger partial charge in [0.15, 0.2) is 11.5 Å². The summed E-state index contributed by atoms with van der Waals surface area (Å²) >= 11 is 0. The van der Waals surface area contributed by atoms with Crippen molar-refractivity contribution in [2.75, 3.05) is 48.6 Å². The highest BCUT2D eigenvalue weighted by Gasteiger charge is 2.54. The smallest absolute Gasteiger partial charge is 0.338 e. The van der Waals surface area contributed by atoms with Gasteiger partial charge in [-0.1, -0.05) is 18.2 Å². The van der Waals surface area contributed by atoms with Crippen molar-refractivity contribution in [2.24, 2.45) is 17.8 Å². The molecule has 6 atom stereocenters. The summed E-state index contributed by atoms with van der Waals surface area (Å²) in [6.45, 7) is 1.74. The van der Waals surface area contributed by atoms with E-state index in [1.807, 2.05) is 0 Å². The van der Waals surface area contributed by atoms with Crippen molar-refractivity contribution >= 4 is 22.8 Å². The highest BCUT2D eigenvalue weighted by Crippen LogP contribution is 2.50. The number of hydrogen-bond donors (Lipinski definition) is 1. The van der Waals surface area contributed by atoms with Crippen molar-refractivity contribution < 1.29 is 38.0 Å². The second kappa shape index (κ2) is 11.5. The van der Waals surface area contributed by atoms with Crippen LogP contribution in [0.4, 0.5) is 0 Å². The van der Waals surface area contributed by atoms with Gasteiger partial charge in [-0.3, -0.25) is 9.69 Å². The fraction of sp³-hybridized carbons (Fsp3) is 0.500. The van der Waals surface area contributed by atoms with E-state index in [1.54, 1.807) is 19.2 Å². The molecule has 1 unspecified atom stereocenters. The van der Waals surface area contributed by atoms with Gasteiger partial charge in [0.25, 0.3) is 0 Å². The van der Waals surface area contributed by atoms with Crippen LogP contribution in [0.1, 0.15) is 40.5 Å². The molecule has 0 radical (unpaired) electrons. The minimum absolute atomic E-state index is 0.0112. The minimum Gasteiger partial charge on any atom is -0.493 e. The third kappa shape index (κ3) is 4.66. The summed E-state index contributed by atoms with van der Waals surface area (Å²) in [7, 11) is 7.45. The van der Waals surface area contributed by atoms with Gasteiger partial charge < -0.3 is 33.4 Å². The van der Waals surface area contributed by atoms with E-state index in [0.717, 1.165) is 31.4 Å². The van der Waals surface area contributed by atoms with Crippen LogP contribution in [-0.4, -0.2) is 82.7 Å². The van der Waals surface area contributed by atoms with Crippen molar-refractivity contribution in [3.05, 3.63) is 53.2 Å². The quantitative estimate of drug-likeness (QED) is 0.414. The van der Waals surface area contributed by atoms with Crippen molar-refractivity contribution in [3.8, 4) is 17.2 Å². The normalized spacial score (nSPS) is 26.9. The van der Waals surface area contributed by atoms with Gasteiger partial charge in [0.1, 0.15) is 12.2 Å². The molecule has 1 N–H and O–H groups in total. The first-order valence-corrected chi connectivity index (χ1v) is 14.4. The van der Waals surface area contributed by atoms with Gasteiger partial charge in [-0.25, -0.2) is 4.79 Å². The molecule has 1 saturated heterocycles. The maximum Gasteiger partial charge on any atom is 0.338 e. The zero-order valence-corrected chi connectivity index (χ0v) is 24.7. The number of fused-ring (bicyclic) bond motifs is 6. The number of aromatic nitrogens is 1. The molecule has 42 heavy (non-hydrogen) atoms. The number of aromatic amines is 1. The molecule has 1 aromatic heterocycles. The lowest BCUT2D eigenvalue weighted by atomic mass is 9.63. The zero-order chi connectivity index (χ0) is 29.5. The van der Waals surface area contributed by atoms with Crippen LogP contribution in [0.3, 0.4) is 0 Å². The zero-order valence-electron chi connectivity index (χ0n) is 24.7. The summed E-state index contributed by atoms with van der Waals surface area (Å²) in [5, 5.41) is 1.27. The SMILES string of the molecule is COC(=O)[C@H]1C2C[C@@H]3c4[nH]c5ccccc5c4CCN3C[C@H]2C[C@@H](OC(=O)c2cc(OC)c(OC)c(OC)c2)[C@@H]1OC. The molecule has 0 amide bonds. The van der Waals surface area contributed by atoms with Crippen molar-refractivity contribution in [2.45, 2.75) is 37.5 Å². The van der Waals surface area contributed by atoms with Crippen LogP contribution in [0, 0.1) is 17.8 Å². The molecule has 0 spiro atoms. The Morgan fingerprint density at radius 1 is 0.952 bits per heavy atom. The fourth-order valence-electron chi connectivity index (χ4n) is 7.60. The van der Waals surface area contributed by atoms with E-state index in [1.165, 1.54) is 45.1 Å². The van der Waals surface area contributed by atoms with Crippen molar-refractivity contribution in [1.29, 1.82) is 0 Å². The number of ether oxygens (including phenoxy) is 6. The fourth-order valence-corrected chi connectivity index (χ4v) is 7.60. The van der Waals surface area contributed by atoms with Crippen LogP contribution < -0.4 is 14.2 Å². The Hall–Kier alpha value is -3.76. The molecule has 1 aliphatic carbocycles. The molecular weight excluding hydrogens is 540 g/mol. The molecule has 1 saturated carbocycles. The van der Waals surface area contributed by atoms with Crippen LogP contribution >= 0.6 is 0 Å². The number of esters is 2. The maximum absolute atomic E-state index is 13.5. The second-order valence-electron chi connectivity index (χ2n) is 11.3. The number of rotatable bonds is 7. The second-order valence-corrected chi connectivity index (χ2v) is 11.3. The van der Waals surface area contributed by atoms with E-state index in [-0.39, 0.29) is 29.4 Å². The molecule has 2 fully saturated rings. The van der Waals surface area contributed by atoms with E-state index in [4.69, 9.17) is 28.4 Å². The summed E-state index contributed by atoms with van der Waals surface area (Å²) in [4.78, 5) is 33.1. The lowest BCUT2D eigenvalue weighted by Crippen LogP contribution is -2.58. The summed E-state index contributed by atoms with van der Waals surface area (Å²) < 4.78 is 33.6. The Balaban J connectivity index is 1.29. The van der Waals surface area contributed by atoms with Crippen LogP contribution in [0.25, 0.3) is 10.9 Å². The molecule has 3 heterocycles. The third-order valence-electron chi connectivity index (χ3n) is 9.46. The van der Waals surface area contributed by atoms with Gasteiger partial charge in [0, 0.05) is 36.8 Å². The van der Waals surface area contributed by atoms with Gasteiger partial charge in [-0.15, -0.1) is 0 Å². The molecule has 2 aliphatic heterocycles. The largest absolute Gasteiger partial charge is 0.493 e. The third-order valence-corrected chi connectivity index (χ3v) is 9.46. The first kappa shape index (κ1) is 28.4. The molecule has 6 rings (SSSR count). The number of para-hydroxylation sites is 1. The molecule has 0 bridgehead atoms. The number of benzene rings is 2. The summed E-state index contributed by atoms with van der Waals surface area (Å²) in [5.41, 5.74) is 4.01. The monoisotopic (exact) mass is 578 g/mol. The van der Waals surface area contributed by atoms with Crippen LogP contribution in [-0.2, 0) is 25.4 Å². The Labute approximate surface area is 245 Å². The van der Waals surface area contributed by atoms with Gasteiger partial charge in [-0.2, -0.15) is 0 Å². The van der Waals surface area contributed by atoms with E-state index < -0.39 is 24.1 Å². The number of nitrogens with zero attached hydrogens (tertiary/aromatic N) is 1. The molecule has 3 aliphatic rings. The molecule has 224 valence electrons.